The topological polar surface area (TPSA) is 118 Å². The summed E-state index contributed by atoms with van der Waals surface area (Å²) in [6.07, 6.45) is 1.78. The van der Waals surface area contributed by atoms with Gasteiger partial charge in [-0.25, -0.2) is 26.7 Å². The number of halogens is 1. The number of carboxylic acids is 2. The van der Waals surface area contributed by atoms with Crippen LogP contribution in [0.15, 0.2) is 24.3 Å². The molecule has 0 aliphatic carbocycles. The lowest BCUT2D eigenvalue weighted by molar-refractivity contribution is -0.159. The summed E-state index contributed by atoms with van der Waals surface area (Å²) < 4.78 is 39.4. The number of hydrogen-bond donors (Lipinski definition) is 2. The van der Waals surface area contributed by atoms with Crippen LogP contribution in [-0.4, -0.2) is 90.8 Å². The van der Waals surface area contributed by atoms with Gasteiger partial charge in [0.05, 0.1) is 11.4 Å². The lowest BCUT2D eigenvalue weighted by atomic mass is 10.0. The lowest BCUT2D eigenvalue weighted by Gasteiger charge is -2.43. The summed E-state index contributed by atoms with van der Waals surface area (Å²) in [5.41, 5.74) is 0.681. The van der Waals surface area contributed by atoms with Crippen LogP contribution < -0.4 is 4.90 Å². The van der Waals surface area contributed by atoms with Crippen molar-refractivity contribution in [2.45, 2.75) is 25.8 Å². The fourth-order valence-electron chi connectivity index (χ4n) is 3.70. The molecule has 0 radical (unpaired) electrons. The molecule has 0 unspecified atom stereocenters. The van der Waals surface area contributed by atoms with Gasteiger partial charge in [0.25, 0.3) is 0 Å². The van der Waals surface area contributed by atoms with Gasteiger partial charge < -0.3 is 15.1 Å². The molecule has 2 aliphatic heterocycles. The first-order valence-electron chi connectivity index (χ1n) is 9.83. The Balaban J connectivity index is 0.000000469. The van der Waals surface area contributed by atoms with Crippen molar-refractivity contribution in [1.82, 2.24) is 9.21 Å². The molecule has 0 atom stereocenters. The molecule has 1 aromatic carbocycles. The first-order chi connectivity index (χ1) is 14.2. The number of piperidine rings is 1. The number of sulfonamides is 1. The van der Waals surface area contributed by atoms with E-state index in [0.29, 0.717) is 24.8 Å². The van der Waals surface area contributed by atoms with E-state index in [0.717, 1.165) is 39.0 Å². The van der Waals surface area contributed by atoms with E-state index < -0.39 is 22.0 Å². The third kappa shape index (κ3) is 6.38. The summed E-state index contributed by atoms with van der Waals surface area (Å²) in [7, 11) is -3.06. The average molecular weight is 446 g/mol. The molecule has 9 nitrogen and oxygen atoms in total. The zero-order valence-electron chi connectivity index (χ0n) is 16.9. The molecule has 3 rings (SSSR count). The van der Waals surface area contributed by atoms with Crippen molar-refractivity contribution in [3.05, 3.63) is 30.1 Å². The van der Waals surface area contributed by atoms with Crippen LogP contribution in [0.3, 0.4) is 0 Å². The highest BCUT2D eigenvalue weighted by Gasteiger charge is 2.31. The number of carbonyl (C=O) groups is 2. The Morgan fingerprint density at radius 2 is 1.53 bits per heavy atom. The van der Waals surface area contributed by atoms with Crippen LogP contribution in [0.25, 0.3) is 0 Å². The molecule has 2 N–H and O–H groups in total. The number of anilines is 1. The Bertz CT molecular complexity index is 822. The van der Waals surface area contributed by atoms with E-state index in [-0.39, 0.29) is 11.6 Å². The van der Waals surface area contributed by atoms with E-state index in [1.165, 1.54) is 6.07 Å². The molecule has 0 bridgehead atoms. The lowest BCUT2D eigenvalue weighted by Crippen LogP contribution is -2.54. The van der Waals surface area contributed by atoms with Crippen molar-refractivity contribution in [2.75, 3.05) is 49.9 Å². The number of benzene rings is 1. The van der Waals surface area contributed by atoms with Crippen molar-refractivity contribution in [3.63, 3.8) is 0 Å². The molecule has 0 spiro atoms. The molecule has 11 heteroatoms. The predicted octanol–water partition coefficient (Wildman–Crippen LogP) is 0.917. The normalized spacial score (nSPS) is 19.1. The van der Waals surface area contributed by atoms with Crippen LogP contribution in [0.1, 0.15) is 19.8 Å². The molecule has 0 aromatic heterocycles. The number of carboxylic acid groups (broad SMARTS) is 2. The fraction of sp³-hybridized carbons (Fsp3) is 0.579. The molecule has 0 saturated carbocycles. The summed E-state index contributed by atoms with van der Waals surface area (Å²) in [6.45, 7) is 6.37. The number of para-hydroxylation sites is 1. The largest absolute Gasteiger partial charge is 0.473 e. The second-order valence-corrected chi connectivity index (χ2v) is 9.37. The Hall–Kier alpha value is -2.24. The summed E-state index contributed by atoms with van der Waals surface area (Å²) >= 11 is 0. The van der Waals surface area contributed by atoms with Crippen molar-refractivity contribution in [2.24, 2.45) is 0 Å². The van der Waals surface area contributed by atoms with Crippen LogP contribution in [-0.2, 0) is 19.6 Å². The molecule has 2 fully saturated rings. The molecule has 2 heterocycles. The van der Waals surface area contributed by atoms with Gasteiger partial charge in [-0.15, -0.1) is 0 Å². The number of piperazine rings is 1. The van der Waals surface area contributed by atoms with E-state index in [4.69, 9.17) is 19.8 Å². The maximum Gasteiger partial charge on any atom is 0.414 e. The number of aliphatic carboxylic acids is 2. The summed E-state index contributed by atoms with van der Waals surface area (Å²) in [5, 5.41) is 14.8. The van der Waals surface area contributed by atoms with Crippen LogP contribution in [0.2, 0.25) is 0 Å². The second-order valence-electron chi connectivity index (χ2n) is 7.12. The smallest absolute Gasteiger partial charge is 0.414 e. The molecule has 1 aromatic rings. The van der Waals surface area contributed by atoms with Crippen LogP contribution in [0.5, 0.6) is 0 Å². The van der Waals surface area contributed by atoms with Crippen molar-refractivity contribution in [1.29, 1.82) is 0 Å². The van der Waals surface area contributed by atoms with E-state index >= 15 is 0 Å². The molecule has 0 amide bonds. The fourth-order valence-corrected chi connectivity index (χ4v) is 4.84. The van der Waals surface area contributed by atoms with E-state index in [1.807, 2.05) is 12.1 Å². The van der Waals surface area contributed by atoms with Gasteiger partial charge >= 0.3 is 11.9 Å². The van der Waals surface area contributed by atoms with Crippen molar-refractivity contribution < 1.29 is 32.6 Å². The van der Waals surface area contributed by atoms with Gasteiger partial charge in [0.2, 0.25) is 10.0 Å². The highest BCUT2D eigenvalue weighted by Crippen LogP contribution is 2.24. The van der Waals surface area contributed by atoms with Gasteiger partial charge in [-0.3, -0.25) is 4.90 Å². The van der Waals surface area contributed by atoms with Crippen molar-refractivity contribution in [3.8, 4) is 0 Å². The van der Waals surface area contributed by atoms with Gasteiger partial charge in [0.15, 0.2) is 0 Å². The van der Waals surface area contributed by atoms with Crippen LogP contribution in [0, 0.1) is 5.82 Å². The van der Waals surface area contributed by atoms with Crippen molar-refractivity contribution >= 4 is 27.6 Å². The minimum atomic E-state index is -3.06. The Kier molecular flexibility index (Phi) is 8.56. The quantitative estimate of drug-likeness (QED) is 0.657. The predicted molar refractivity (Wildman–Crippen MR) is 110 cm³/mol. The molecule has 2 saturated heterocycles. The van der Waals surface area contributed by atoms with Gasteiger partial charge in [-0.1, -0.05) is 12.1 Å². The standard InChI is InChI=1S/C17H26FN3O2S.C2H2O4/c1-2-24(22,23)21-9-7-15(8-10-21)19-11-13-20(14-12-19)17-6-4-3-5-16(17)18;3-1(4)2(5)6/h3-6,15H,2,7-14H2,1H3;(H,3,4)(H,5,6). The zero-order valence-corrected chi connectivity index (χ0v) is 17.7. The molecular formula is C19H28FN3O6S. The monoisotopic (exact) mass is 445 g/mol. The average Bonchev–Trinajstić information content (AvgIpc) is 2.75. The first kappa shape index (κ1) is 24.0. The zero-order chi connectivity index (χ0) is 22.3. The maximum absolute atomic E-state index is 13.9. The molecule has 2 aliphatic rings. The number of rotatable bonds is 4. The van der Waals surface area contributed by atoms with Gasteiger partial charge in [-0.2, -0.15) is 0 Å². The Labute approximate surface area is 175 Å². The first-order valence-corrected chi connectivity index (χ1v) is 11.4. The minimum absolute atomic E-state index is 0.163. The van der Waals surface area contributed by atoms with E-state index in [1.54, 1.807) is 17.3 Å². The van der Waals surface area contributed by atoms with Gasteiger partial charge in [0.1, 0.15) is 5.82 Å². The molecular weight excluding hydrogens is 417 g/mol. The van der Waals surface area contributed by atoms with Crippen LogP contribution >= 0.6 is 0 Å². The summed E-state index contributed by atoms with van der Waals surface area (Å²) in [5.74, 6) is -3.63. The molecule has 168 valence electrons. The van der Waals surface area contributed by atoms with E-state index in [2.05, 4.69) is 9.80 Å². The summed E-state index contributed by atoms with van der Waals surface area (Å²) in [6, 6.07) is 7.36. The highest BCUT2D eigenvalue weighted by atomic mass is 32.2. The number of nitrogens with zero attached hydrogens (tertiary/aromatic N) is 3. The third-order valence-corrected chi connectivity index (χ3v) is 7.27. The maximum atomic E-state index is 13.9. The van der Waals surface area contributed by atoms with Gasteiger partial charge in [-0.05, 0) is 31.9 Å². The van der Waals surface area contributed by atoms with E-state index in [9.17, 15) is 12.8 Å². The third-order valence-electron chi connectivity index (χ3n) is 5.39. The van der Waals surface area contributed by atoms with Crippen LogP contribution in [0.4, 0.5) is 10.1 Å². The molecule has 30 heavy (non-hydrogen) atoms. The second kappa shape index (κ2) is 10.7. The highest BCUT2D eigenvalue weighted by molar-refractivity contribution is 7.89. The summed E-state index contributed by atoms with van der Waals surface area (Å²) in [4.78, 5) is 22.7. The number of hydrogen-bond acceptors (Lipinski definition) is 6. The SMILES string of the molecule is CCS(=O)(=O)N1CCC(N2CCN(c3ccccc3F)CC2)CC1.O=C(O)C(=O)O. The Morgan fingerprint density at radius 1 is 1.00 bits per heavy atom. The minimum Gasteiger partial charge on any atom is -0.473 e. The van der Waals surface area contributed by atoms with Gasteiger partial charge in [0, 0.05) is 45.3 Å². The Morgan fingerprint density at radius 3 is 2.00 bits per heavy atom.